The number of anilines is 2. The Hall–Kier alpha value is -1.56. The summed E-state index contributed by atoms with van der Waals surface area (Å²) in [6, 6.07) is 10.3. The molecule has 21 heavy (non-hydrogen) atoms. The van der Waals surface area contributed by atoms with E-state index in [2.05, 4.69) is 21.2 Å². The summed E-state index contributed by atoms with van der Waals surface area (Å²) in [5, 5.41) is 3.21. The lowest BCUT2D eigenvalue weighted by Gasteiger charge is -2.12. The summed E-state index contributed by atoms with van der Waals surface area (Å²) in [6.07, 6.45) is 0. The smallest absolute Gasteiger partial charge is 0.255 e. The van der Waals surface area contributed by atoms with Crippen molar-refractivity contribution in [3.63, 3.8) is 0 Å². The number of carbonyl (C=O) groups excluding carboxylic acids is 1. The van der Waals surface area contributed by atoms with Gasteiger partial charge >= 0.3 is 0 Å². The largest absolute Gasteiger partial charge is 0.398 e. The quantitative estimate of drug-likeness (QED) is 0.798. The molecule has 6 heteroatoms. The van der Waals surface area contributed by atoms with Crippen molar-refractivity contribution < 1.29 is 9.53 Å². The maximum Gasteiger partial charge on any atom is 0.255 e. The van der Waals surface area contributed by atoms with Crippen LogP contribution in [0.5, 0.6) is 0 Å². The van der Waals surface area contributed by atoms with Crippen LogP contribution < -0.4 is 11.1 Å². The molecular formula is C15H14BrClN2O2. The molecular weight excluding hydrogens is 356 g/mol. The second-order valence-corrected chi connectivity index (χ2v) is 5.65. The van der Waals surface area contributed by atoms with Gasteiger partial charge in [0.1, 0.15) is 0 Å². The maximum atomic E-state index is 12.3. The average molecular weight is 370 g/mol. The van der Waals surface area contributed by atoms with Crippen LogP contribution in [0.3, 0.4) is 0 Å². The van der Waals surface area contributed by atoms with Crippen molar-refractivity contribution in [2.24, 2.45) is 0 Å². The molecule has 0 saturated heterocycles. The van der Waals surface area contributed by atoms with Crippen molar-refractivity contribution in [1.82, 2.24) is 0 Å². The SMILES string of the molecule is COCc1c(Br)cccc1NC(=O)c1ccc(N)c(Cl)c1. The monoisotopic (exact) mass is 368 g/mol. The fourth-order valence-corrected chi connectivity index (χ4v) is 2.49. The number of halogens is 2. The number of carbonyl (C=O) groups is 1. The van der Waals surface area contributed by atoms with Crippen LogP contribution in [0.4, 0.5) is 11.4 Å². The summed E-state index contributed by atoms with van der Waals surface area (Å²) in [5.74, 6) is -0.257. The average Bonchev–Trinajstić information content (AvgIpc) is 2.45. The Kier molecular flexibility index (Phi) is 5.22. The van der Waals surface area contributed by atoms with Gasteiger partial charge in [-0.25, -0.2) is 0 Å². The van der Waals surface area contributed by atoms with E-state index in [4.69, 9.17) is 22.1 Å². The minimum atomic E-state index is -0.257. The predicted octanol–water partition coefficient (Wildman–Crippen LogP) is 4.08. The number of hydrogen-bond acceptors (Lipinski definition) is 3. The first kappa shape index (κ1) is 15.8. The molecule has 0 fully saturated rings. The van der Waals surface area contributed by atoms with Crippen molar-refractivity contribution in [3.8, 4) is 0 Å². The van der Waals surface area contributed by atoms with Gasteiger partial charge in [-0.2, -0.15) is 0 Å². The van der Waals surface area contributed by atoms with Gasteiger partial charge in [0, 0.05) is 28.4 Å². The van der Waals surface area contributed by atoms with Crippen LogP contribution in [0.2, 0.25) is 5.02 Å². The van der Waals surface area contributed by atoms with E-state index >= 15 is 0 Å². The molecule has 4 nitrogen and oxygen atoms in total. The maximum absolute atomic E-state index is 12.3. The predicted molar refractivity (Wildman–Crippen MR) is 88.7 cm³/mol. The van der Waals surface area contributed by atoms with Gasteiger partial charge in [0.2, 0.25) is 0 Å². The highest BCUT2D eigenvalue weighted by Crippen LogP contribution is 2.26. The Labute approximate surface area is 136 Å². The summed E-state index contributed by atoms with van der Waals surface area (Å²) in [4.78, 5) is 12.3. The van der Waals surface area contributed by atoms with Crippen LogP contribution in [-0.2, 0) is 11.3 Å². The van der Waals surface area contributed by atoms with Gasteiger partial charge in [0.05, 0.1) is 17.3 Å². The van der Waals surface area contributed by atoms with Crippen LogP contribution in [0.15, 0.2) is 40.9 Å². The van der Waals surface area contributed by atoms with Gasteiger partial charge in [-0.15, -0.1) is 0 Å². The summed E-state index contributed by atoms with van der Waals surface area (Å²) >= 11 is 9.38. The highest BCUT2D eigenvalue weighted by molar-refractivity contribution is 9.10. The molecule has 0 heterocycles. The Morgan fingerprint density at radius 3 is 2.81 bits per heavy atom. The first-order chi connectivity index (χ1) is 10.0. The summed E-state index contributed by atoms with van der Waals surface area (Å²) in [6.45, 7) is 0.388. The second-order valence-electron chi connectivity index (χ2n) is 4.39. The first-order valence-corrected chi connectivity index (χ1v) is 7.32. The fraction of sp³-hybridized carbons (Fsp3) is 0.133. The standard InChI is InChI=1S/C15H14BrClN2O2/c1-21-8-10-11(16)3-2-4-14(10)19-15(20)9-5-6-13(18)12(17)7-9/h2-7H,8,18H2,1H3,(H,19,20). The number of benzene rings is 2. The van der Waals surface area contributed by atoms with E-state index < -0.39 is 0 Å². The molecule has 0 unspecified atom stereocenters. The van der Waals surface area contributed by atoms with Gasteiger partial charge in [-0.3, -0.25) is 4.79 Å². The zero-order valence-electron chi connectivity index (χ0n) is 11.3. The van der Waals surface area contributed by atoms with Crippen LogP contribution in [0.1, 0.15) is 15.9 Å². The molecule has 1 amide bonds. The van der Waals surface area contributed by atoms with Crippen LogP contribution in [0, 0.1) is 0 Å². The Morgan fingerprint density at radius 1 is 1.38 bits per heavy atom. The zero-order valence-corrected chi connectivity index (χ0v) is 13.7. The van der Waals surface area contributed by atoms with E-state index in [-0.39, 0.29) is 5.91 Å². The lowest BCUT2D eigenvalue weighted by molar-refractivity contribution is 0.102. The second kappa shape index (κ2) is 6.93. The minimum Gasteiger partial charge on any atom is -0.398 e. The number of nitrogens with two attached hydrogens (primary N) is 1. The lowest BCUT2D eigenvalue weighted by atomic mass is 10.1. The molecule has 0 aliphatic rings. The molecule has 110 valence electrons. The highest BCUT2D eigenvalue weighted by atomic mass is 79.9. The Morgan fingerprint density at radius 2 is 2.14 bits per heavy atom. The summed E-state index contributed by atoms with van der Waals surface area (Å²) < 4.78 is 6.03. The van der Waals surface area contributed by atoms with Gasteiger partial charge in [0.25, 0.3) is 5.91 Å². The molecule has 0 aromatic heterocycles. The molecule has 0 saturated carbocycles. The third-order valence-electron chi connectivity index (χ3n) is 2.92. The third-order valence-corrected chi connectivity index (χ3v) is 3.99. The molecule has 0 aliphatic heterocycles. The van der Waals surface area contributed by atoms with Crippen LogP contribution >= 0.6 is 27.5 Å². The van der Waals surface area contributed by atoms with Crippen molar-refractivity contribution in [2.75, 3.05) is 18.2 Å². The van der Waals surface area contributed by atoms with Gasteiger partial charge in [0.15, 0.2) is 0 Å². The third kappa shape index (κ3) is 3.75. The molecule has 2 aromatic carbocycles. The Balaban J connectivity index is 2.27. The van der Waals surface area contributed by atoms with Gasteiger partial charge < -0.3 is 15.8 Å². The van der Waals surface area contributed by atoms with E-state index in [0.717, 1.165) is 10.0 Å². The van der Waals surface area contributed by atoms with E-state index in [1.807, 2.05) is 18.2 Å². The number of hydrogen-bond donors (Lipinski definition) is 2. The highest BCUT2D eigenvalue weighted by Gasteiger charge is 2.12. The number of nitrogen functional groups attached to an aromatic ring is 1. The van der Waals surface area contributed by atoms with Crippen LogP contribution in [-0.4, -0.2) is 13.0 Å². The van der Waals surface area contributed by atoms with Crippen LogP contribution in [0.25, 0.3) is 0 Å². The van der Waals surface area contributed by atoms with E-state index in [9.17, 15) is 4.79 Å². The number of methoxy groups -OCH3 is 1. The molecule has 0 radical (unpaired) electrons. The van der Waals surface area contributed by atoms with Crippen molar-refractivity contribution >= 4 is 44.8 Å². The minimum absolute atomic E-state index is 0.257. The first-order valence-electron chi connectivity index (χ1n) is 6.15. The molecule has 2 rings (SSSR count). The normalized spacial score (nSPS) is 10.4. The fourth-order valence-electron chi connectivity index (χ4n) is 1.83. The molecule has 0 aliphatic carbocycles. The van der Waals surface area contributed by atoms with E-state index in [0.29, 0.717) is 28.6 Å². The number of amides is 1. The van der Waals surface area contributed by atoms with E-state index in [1.165, 1.54) is 0 Å². The number of rotatable bonds is 4. The summed E-state index contributed by atoms with van der Waals surface area (Å²) in [7, 11) is 1.60. The topological polar surface area (TPSA) is 64.3 Å². The van der Waals surface area contributed by atoms with Crippen molar-refractivity contribution in [1.29, 1.82) is 0 Å². The zero-order chi connectivity index (χ0) is 15.4. The number of nitrogens with one attached hydrogen (secondary N) is 1. The van der Waals surface area contributed by atoms with Gasteiger partial charge in [-0.05, 0) is 30.3 Å². The number of ether oxygens (including phenoxy) is 1. The molecule has 2 aromatic rings. The molecule has 0 atom stereocenters. The summed E-state index contributed by atoms with van der Waals surface area (Å²) in [5.41, 5.74) is 8.08. The lowest BCUT2D eigenvalue weighted by Crippen LogP contribution is -2.14. The van der Waals surface area contributed by atoms with Crippen molar-refractivity contribution in [3.05, 3.63) is 57.0 Å². The Bertz CT molecular complexity index is 677. The van der Waals surface area contributed by atoms with E-state index in [1.54, 1.807) is 25.3 Å². The molecule has 0 bridgehead atoms. The van der Waals surface area contributed by atoms with Gasteiger partial charge in [-0.1, -0.05) is 33.6 Å². The molecule has 3 N–H and O–H groups in total. The molecule has 0 spiro atoms. The van der Waals surface area contributed by atoms with Crippen molar-refractivity contribution in [2.45, 2.75) is 6.61 Å².